The van der Waals surface area contributed by atoms with E-state index < -0.39 is 149 Å². The molecule has 1 unspecified atom stereocenters. The van der Waals surface area contributed by atoms with Gasteiger partial charge in [-0.3, -0.25) is 0 Å². The summed E-state index contributed by atoms with van der Waals surface area (Å²) in [6.45, 7) is -3.42. The van der Waals surface area contributed by atoms with Crippen molar-refractivity contribution in [3.63, 3.8) is 0 Å². The summed E-state index contributed by atoms with van der Waals surface area (Å²) in [7, 11) is 0. The van der Waals surface area contributed by atoms with E-state index in [0.29, 0.717) is 0 Å². The van der Waals surface area contributed by atoms with E-state index in [4.69, 9.17) is 33.2 Å². The van der Waals surface area contributed by atoms with E-state index in [1.54, 1.807) is 0 Å². The van der Waals surface area contributed by atoms with Crippen molar-refractivity contribution in [1.29, 1.82) is 0 Å². The highest BCUT2D eigenvalue weighted by atomic mass is 16.8. The second-order valence-corrected chi connectivity index (χ2v) is 11.1. The van der Waals surface area contributed by atoms with Crippen LogP contribution in [0.3, 0.4) is 0 Å². The minimum Gasteiger partial charge on any atom is -0.394 e. The Balaban J connectivity index is 1.53. The Morgan fingerprint density at radius 2 is 0.644 bits per heavy atom. The Morgan fingerprint density at radius 1 is 0.333 bits per heavy atom. The monoisotopic (exact) mass is 666 g/mol. The highest BCUT2D eigenvalue weighted by molar-refractivity contribution is 4.97. The minimum atomic E-state index is -2.05. The highest BCUT2D eigenvalue weighted by Crippen LogP contribution is 2.34. The van der Waals surface area contributed by atoms with Crippen LogP contribution in [-0.4, -0.2) is 221 Å². The zero-order valence-corrected chi connectivity index (χ0v) is 23.5. The second-order valence-electron chi connectivity index (χ2n) is 11.1. The summed E-state index contributed by atoms with van der Waals surface area (Å²) >= 11 is 0. The van der Waals surface area contributed by atoms with E-state index in [-0.39, 0.29) is 0 Å². The maximum absolute atomic E-state index is 11.1. The largest absolute Gasteiger partial charge is 0.394 e. The number of hydrogen-bond acceptors (Lipinski definition) is 21. The summed E-state index contributed by atoms with van der Waals surface area (Å²) < 4.78 is 37.5. The van der Waals surface area contributed by atoms with Gasteiger partial charge in [-0.25, -0.2) is 0 Å². The first kappa shape index (κ1) is 37.0. The van der Waals surface area contributed by atoms with Gasteiger partial charge in [-0.2, -0.15) is 0 Å². The summed E-state index contributed by atoms with van der Waals surface area (Å²) in [5.41, 5.74) is 0. The quantitative estimate of drug-likeness (QED) is 0.103. The van der Waals surface area contributed by atoms with Gasteiger partial charge < -0.3 is 105 Å². The van der Waals surface area contributed by atoms with E-state index >= 15 is 0 Å². The molecule has 0 aromatic heterocycles. The van der Waals surface area contributed by atoms with Crippen LogP contribution in [0.1, 0.15) is 0 Å². The fourth-order valence-corrected chi connectivity index (χ4v) is 5.53. The first-order valence-corrected chi connectivity index (χ1v) is 14.1. The van der Waals surface area contributed by atoms with Crippen LogP contribution in [0.15, 0.2) is 0 Å². The van der Waals surface area contributed by atoms with Crippen LogP contribution < -0.4 is 0 Å². The number of aliphatic hydroxyl groups excluding tert-OH is 14. The van der Waals surface area contributed by atoms with Crippen molar-refractivity contribution in [2.24, 2.45) is 0 Å². The average molecular weight is 667 g/mol. The fraction of sp³-hybridized carbons (Fsp3) is 1.00. The molecule has 4 saturated heterocycles. The van der Waals surface area contributed by atoms with Crippen LogP contribution in [0.5, 0.6) is 0 Å². The highest BCUT2D eigenvalue weighted by Gasteiger charge is 2.55. The number of rotatable bonds is 10. The van der Waals surface area contributed by atoms with E-state index in [0.717, 1.165) is 0 Å². The van der Waals surface area contributed by atoms with Crippen molar-refractivity contribution in [2.75, 3.05) is 26.4 Å². The molecular formula is C24H42O21. The third kappa shape index (κ3) is 7.44. The fourth-order valence-electron chi connectivity index (χ4n) is 5.53. The number of ether oxygens (including phenoxy) is 7. The SMILES string of the molecule is OC[C@H]1O[C@H](O[C@H]2[C@@H](O)[C@@H](CO)O[C@H](O[C@H]3[C@@H](O)[C@@H](CO)O[C@H](O[C@H]4[C@@H](O)[C@@H](CO)OC(O)[C@@H]4O)[C@@H]3O)[C@@H]2O)[C@H](O)[C@@H](O)[C@H]1O. The molecule has 0 aromatic rings. The molecule has 0 spiro atoms. The van der Waals surface area contributed by atoms with Crippen LogP contribution in [-0.2, 0) is 33.2 Å². The van der Waals surface area contributed by atoms with Gasteiger partial charge in [0.1, 0.15) is 97.7 Å². The van der Waals surface area contributed by atoms with E-state index in [2.05, 4.69) is 0 Å². The summed E-state index contributed by atoms with van der Waals surface area (Å²) in [4.78, 5) is 0. The molecule has 0 aromatic carbocycles. The minimum absolute atomic E-state index is 0.802. The molecule has 0 bridgehead atoms. The van der Waals surface area contributed by atoms with Gasteiger partial charge in [-0.15, -0.1) is 0 Å². The van der Waals surface area contributed by atoms with Gasteiger partial charge in [0, 0.05) is 0 Å². The Bertz CT molecular complexity index is 916. The molecule has 0 aliphatic carbocycles. The number of aliphatic hydroxyl groups is 14. The van der Waals surface area contributed by atoms with Crippen LogP contribution in [0.4, 0.5) is 0 Å². The van der Waals surface area contributed by atoms with Gasteiger partial charge in [-0.1, -0.05) is 0 Å². The normalized spacial score (nSPS) is 52.9. The number of hydrogen-bond donors (Lipinski definition) is 14. The van der Waals surface area contributed by atoms with Gasteiger partial charge in [0.15, 0.2) is 25.2 Å². The molecule has 0 saturated carbocycles. The van der Waals surface area contributed by atoms with E-state index in [1.165, 1.54) is 0 Å². The lowest BCUT2D eigenvalue weighted by Gasteiger charge is -2.49. The zero-order valence-electron chi connectivity index (χ0n) is 23.5. The van der Waals surface area contributed by atoms with Gasteiger partial charge in [0.25, 0.3) is 0 Å². The lowest BCUT2D eigenvalue weighted by atomic mass is 9.95. The molecule has 4 heterocycles. The van der Waals surface area contributed by atoms with E-state index in [9.17, 15) is 71.5 Å². The van der Waals surface area contributed by atoms with Crippen LogP contribution in [0, 0.1) is 0 Å². The molecule has 21 nitrogen and oxygen atoms in total. The van der Waals surface area contributed by atoms with Crippen molar-refractivity contribution in [3.05, 3.63) is 0 Å². The average Bonchev–Trinajstić information content (AvgIpc) is 3.02. The molecule has 4 aliphatic heterocycles. The van der Waals surface area contributed by atoms with Crippen molar-refractivity contribution >= 4 is 0 Å². The molecule has 4 rings (SSSR count). The van der Waals surface area contributed by atoms with Crippen molar-refractivity contribution in [2.45, 2.75) is 123 Å². The maximum atomic E-state index is 11.1. The summed E-state index contributed by atoms with van der Waals surface area (Å²) in [5, 5.41) is 143. The third-order valence-electron chi connectivity index (χ3n) is 8.21. The first-order chi connectivity index (χ1) is 21.3. The molecule has 21 heteroatoms. The molecule has 14 N–H and O–H groups in total. The van der Waals surface area contributed by atoms with Gasteiger partial charge in [0.2, 0.25) is 0 Å². The Kier molecular flexibility index (Phi) is 12.8. The molecule has 4 fully saturated rings. The van der Waals surface area contributed by atoms with E-state index in [1.807, 2.05) is 0 Å². The lowest BCUT2D eigenvalue weighted by molar-refractivity contribution is -0.389. The molecule has 0 radical (unpaired) electrons. The zero-order chi connectivity index (χ0) is 33.3. The van der Waals surface area contributed by atoms with Crippen molar-refractivity contribution in [3.8, 4) is 0 Å². The van der Waals surface area contributed by atoms with Gasteiger partial charge in [-0.05, 0) is 0 Å². The van der Waals surface area contributed by atoms with Crippen LogP contribution >= 0.6 is 0 Å². The summed E-state index contributed by atoms with van der Waals surface area (Å²) in [5.74, 6) is 0. The summed E-state index contributed by atoms with van der Waals surface area (Å²) in [6.07, 6.45) is -36.1. The van der Waals surface area contributed by atoms with Crippen LogP contribution in [0.25, 0.3) is 0 Å². The molecule has 45 heavy (non-hydrogen) atoms. The third-order valence-corrected chi connectivity index (χ3v) is 8.21. The van der Waals surface area contributed by atoms with Gasteiger partial charge >= 0.3 is 0 Å². The van der Waals surface area contributed by atoms with Gasteiger partial charge in [0.05, 0.1) is 26.4 Å². The first-order valence-electron chi connectivity index (χ1n) is 14.1. The van der Waals surface area contributed by atoms with Crippen molar-refractivity contribution < 1.29 is 105 Å². The standard InChI is InChI=1S/C24H42O21/c25-1-5-9(29)13(33)14(34)22(40-5)44-19-11(31)7(3-27)42-24(16(19)36)45-20-12(32)8(4-28)41-23(17(20)37)43-18-10(30)6(2-26)39-21(38)15(18)35/h5-38H,1-4H2/t5-,6-,7-,8-,9+,10+,11+,12+,13+,14-,15-,16-,17-,18+,19+,20+,21?,22-,23-,24-/m1/s1. The smallest absolute Gasteiger partial charge is 0.187 e. The molecule has 0 amide bonds. The predicted molar refractivity (Wildman–Crippen MR) is 134 cm³/mol. The molecule has 4 aliphatic rings. The topological polar surface area (TPSA) is 348 Å². The Hall–Kier alpha value is -0.840. The van der Waals surface area contributed by atoms with Crippen LogP contribution in [0.2, 0.25) is 0 Å². The maximum Gasteiger partial charge on any atom is 0.187 e. The molecule has 264 valence electrons. The predicted octanol–water partition coefficient (Wildman–Crippen LogP) is -9.75. The second kappa shape index (κ2) is 15.6. The summed E-state index contributed by atoms with van der Waals surface area (Å²) in [6, 6.07) is 0. The Labute approximate surface area is 254 Å². The van der Waals surface area contributed by atoms with Crippen molar-refractivity contribution in [1.82, 2.24) is 0 Å². The lowest BCUT2D eigenvalue weighted by Crippen LogP contribution is -2.67. The molecule has 20 atom stereocenters. The Morgan fingerprint density at radius 3 is 1.02 bits per heavy atom. The molecular weight excluding hydrogens is 624 g/mol.